The van der Waals surface area contributed by atoms with Gasteiger partial charge in [-0.2, -0.15) is 0 Å². The number of benzene rings is 2. The van der Waals surface area contributed by atoms with Crippen molar-refractivity contribution in [2.24, 2.45) is 0 Å². The van der Waals surface area contributed by atoms with E-state index in [1.54, 1.807) is 0 Å². The van der Waals surface area contributed by atoms with Gasteiger partial charge < -0.3 is 15.4 Å². The third kappa shape index (κ3) is 2.17. The fraction of sp³-hybridized carbons (Fsp3) is 0.176. The van der Waals surface area contributed by atoms with Crippen LogP contribution in [-0.4, -0.2) is 13.1 Å². The van der Waals surface area contributed by atoms with E-state index in [-0.39, 0.29) is 6.10 Å². The van der Waals surface area contributed by atoms with E-state index >= 15 is 0 Å². The van der Waals surface area contributed by atoms with Gasteiger partial charge in [-0.25, -0.2) is 0 Å². The Kier molecular flexibility index (Phi) is 3.22. The minimum Gasteiger partial charge on any atom is -0.482 e. The summed E-state index contributed by atoms with van der Waals surface area (Å²) in [4.78, 5) is 2.10. The fourth-order valence-corrected chi connectivity index (χ4v) is 2.55. The van der Waals surface area contributed by atoms with Gasteiger partial charge in [-0.1, -0.05) is 42.3 Å². The van der Waals surface area contributed by atoms with Crippen LogP contribution in [0.2, 0.25) is 0 Å². The number of anilines is 2. The molecular formula is C17H16N2O. The first-order valence-electron chi connectivity index (χ1n) is 6.58. The van der Waals surface area contributed by atoms with Gasteiger partial charge in [0.15, 0.2) is 0 Å². The smallest absolute Gasteiger partial charge is 0.145 e. The van der Waals surface area contributed by atoms with Crippen molar-refractivity contribution in [1.82, 2.24) is 0 Å². The molecule has 1 unspecified atom stereocenters. The molecule has 100 valence electrons. The normalized spacial score (nSPS) is 16.9. The maximum Gasteiger partial charge on any atom is 0.145 e. The Morgan fingerprint density at radius 3 is 2.75 bits per heavy atom. The lowest BCUT2D eigenvalue weighted by Gasteiger charge is -2.36. The molecule has 0 saturated heterocycles. The predicted octanol–water partition coefficient (Wildman–Crippen LogP) is 2.84. The molecule has 0 amide bonds. The van der Waals surface area contributed by atoms with Crippen molar-refractivity contribution in [1.29, 1.82) is 0 Å². The van der Waals surface area contributed by atoms with E-state index in [4.69, 9.17) is 16.9 Å². The first-order valence-corrected chi connectivity index (χ1v) is 6.58. The van der Waals surface area contributed by atoms with Gasteiger partial charge in [0, 0.05) is 0 Å². The standard InChI is InChI=1S/C17H16N2O/c1-2-11-19-12-16(13-7-4-3-5-8-13)20-15-10-6-9-14(18)17(15)19/h1,3-10,16H,11-12,18H2. The zero-order valence-electron chi connectivity index (χ0n) is 11.1. The van der Waals surface area contributed by atoms with E-state index in [9.17, 15) is 0 Å². The number of nitrogen functional groups attached to an aromatic ring is 1. The molecule has 0 aliphatic carbocycles. The molecule has 1 atom stereocenters. The molecule has 2 aromatic carbocycles. The van der Waals surface area contributed by atoms with Gasteiger partial charge >= 0.3 is 0 Å². The summed E-state index contributed by atoms with van der Waals surface area (Å²) in [7, 11) is 0. The second-order valence-electron chi connectivity index (χ2n) is 4.80. The first-order chi connectivity index (χ1) is 9.79. The number of hydrogen-bond acceptors (Lipinski definition) is 3. The molecule has 2 aromatic rings. The molecule has 0 spiro atoms. The molecule has 2 N–H and O–H groups in total. The van der Waals surface area contributed by atoms with Gasteiger partial charge in [0.2, 0.25) is 0 Å². The maximum atomic E-state index is 6.09. The van der Waals surface area contributed by atoms with Crippen LogP contribution < -0.4 is 15.4 Å². The van der Waals surface area contributed by atoms with Crippen molar-refractivity contribution in [2.45, 2.75) is 6.10 Å². The van der Waals surface area contributed by atoms with Crippen LogP contribution in [0.3, 0.4) is 0 Å². The number of nitrogens with zero attached hydrogens (tertiary/aromatic N) is 1. The molecule has 0 saturated carbocycles. The minimum atomic E-state index is -0.0288. The van der Waals surface area contributed by atoms with Crippen LogP contribution in [0.1, 0.15) is 11.7 Å². The molecule has 1 aliphatic heterocycles. The van der Waals surface area contributed by atoms with Crippen LogP contribution in [0.25, 0.3) is 0 Å². The lowest BCUT2D eigenvalue weighted by Crippen LogP contribution is -2.36. The Bertz CT molecular complexity index is 646. The summed E-state index contributed by atoms with van der Waals surface area (Å²) in [6.45, 7) is 1.23. The molecule has 1 heterocycles. The van der Waals surface area contributed by atoms with Gasteiger partial charge in [0.05, 0.1) is 18.8 Å². The van der Waals surface area contributed by atoms with Crippen molar-refractivity contribution in [3.63, 3.8) is 0 Å². The number of para-hydroxylation sites is 1. The number of nitrogens with two attached hydrogens (primary N) is 1. The molecule has 3 nitrogen and oxygen atoms in total. The van der Waals surface area contributed by atoms with E-state index in [0.29, 0.717) is 18.8 Å². The highest BCUT2D eigenvalue weighted by atomic mass is 16.5. The van der Waals surface area contributed by atoms with Crippen LogP contribution in [0.15, 0.2) is 48.5 Å². The summed E-state index contributed by atoms with van der Waals surface area (Å²) >= 11 is 0. The number of rotatable bonds is 2. The minimum absolute atomic E-state index is 0.0288. The molecule has 0 radical (unpaired) electrons. The topological polar surface area (TPSA) is 38.5 Å². The second-order valence-corrected chi connectivity index (χ2v) is 4.80. The van der Waals surface area contributed by atoms with E-state index < -0.39 is 0 Å². The third-order valence-electron chi connectivity index (χ3n) is 3.46. The second kappa shape index (κ2) is 5.18. The molecule has 0 fully saturated rings. The molecule has 3 heteroatoms. The van der Waals surface area contributed by atoms with Gasteiger partial charge in [-0.05, 0) is 17.7 Å². The van der Waals surface area contributed by atoms with Crippen molar-refractivity contribution in [3.05, 3.63) is 54.1 Å². The lowest BCUT2D eigenvalue weighted by atomic mass is 10.1. The number of fused-ring (bicyclic) bond motifs is 1. The average Bonchev–Trinajstić information content (AvgIpc) is 2.48. The van der Waals surface area contributed by atoms with Crippen molar-refractivity contribution >= 4 is 11.4 Å². The Morgan fingerprint density at radius 1 is 1.20 bits per heavy atom. The maximum absolute atomic E-state index is 6.09. The van der Waals surface area contributed by atoms with Gasteiger partial charge in [0.1, 0.15) is 17.5 Å². The van der Waals surface area contributed by atoms with E-state index in [1.807, 2.05) is 36.4 Å². The van der Waals surface area contributed by atoms with Crippen LogP contribution in [-0.2, 0) is 0 Å². The molecule has 0 bridgehead atoms. The van der Waals surface area contributed by atoms with Gasteiger partial charge in [-0.3, -0.25) is 0 Å². The van der Waals surface area contributed by atoms with Gasteiger partial charge in [0.25, 0.3) is 0 Å². The van der Waals surface area contributed by atoms with Crippen LogP contribution in [0.4, 0.5) is 11.4 Å². The van der Waals surface area contributed by atoms with Crippen LogP contribution >= 0.6 is 0 Å². The zero-order chi connectivity index (χ0) is 13.9. The predicted molar refractivity (Wildman–Crippen MR) is 81.7 cm³/mol. The highest BCUT2D eigenvalue weighted by Crippen LogP contribution is 2.41. The van der Waals surface area contributed by atoms with Crippen LogP contribution in [0.5, 0.6) is 5.75 Å². The SMILES string of the molecule is C#CCN1CC(c2ccccc2)Oc2cccc(N)c21. The molecule has 0 aromatic heterocycles. The first kappa shape index (κ1) is 12.4. The quantitative estimate of drug-likeness (QED) is 0.669. The Labute approximate surface area is 119 Å². The molecule has 3 rings (SSSR count). The summed E-state index contributed by atoms with van der Waals surface area (Å²) in [5, 5.41) is 0. The molecule has 1 aliphatic rings. The van der Waals surface area contributed by atoms with Crippen LogP contribution in [0, 0.1) is 12.3 Å². The van der Waals surface area contributed by atoms with E-state index in [0.717, 1.165) is 17.0 Å². The molecular weight excluding hydrogens is 248 g/mol. The van der Waals surface area contributed by atoms with Crippen molar-refractivity contribution in [2.75, 3.05) is 23.7 Å². The zero-order valence-corrected chi connectivity index (χ0v) is 11.1. The fourth-order valence-electron chi connectivity index (χ4n) is 2.55. The van der Waals surface area contributed by atoms with E-state index in [2.05, 4.69) is 23.0 Å². The Balaban J connectivity index is 2.00. The Morgan fingerprint density at radius 2 is 2.00 bits per heavy atom. The highest BCUT2D eigenvalue weighted by molar-refractivity contribution is 5.76. The summed E-state index contributed by atoms with van der Waals surface area (Å²) in [6.07, 6.45) is 5.45. The van der Waals surface area contributed by atoms with Gasteiger partial charge in [-0.15, -0.1) is 6.42 Å². The number of ether oxygens (including phenoxy) is 1. The number of terminal acetylenes is 1. The van der Waals surface area contributed by atoms with E-state index in [1.165, 1.54) is 0 Å². The molecule has 20 heavy (non-hydrogen) atoms. The van der Waals surface area contributed by atoms with Crippen molar-refractivity contribution in [3.8, 4) is 18.1 Å². The number of hydrogen-bond donors (Lipinski definition) is 1. The third-order valence-corrected chi connectivity index (χ3v) is 3.46. The Hall–Kier alpha value is -2.60. The average molecular weight is 264 g/mol. The lowest BCUT2D eigenvalue weighted by molar-refractivity contribution is 0.199. The summed E-state index contributed by atoms with van der Waals surface area (Å²) in [6, 6.07) is 15.9. The summed E-state index contributed by atoms with van der Waals surface area (Å²) < 4.78 is 6.09. The van der Waals surface area contributed by atoms with Crippen molar-refractivity contribution < 1.29 is 4.74 Å². The summed E-state index contributed by atoms with van der Waals surface area (Å²) in [5.74, 6) is 3.48. The largest absolute Gasteiger partial charge is 0.482 e. The summed E-state index contributed by atoms with van der Waals surface area (Å²) in [5.41, 5.74) is 8.80. The monoisotopic (exact) mass is 264 g/mol. The highest BCUT2D eigenvalue weighted by Gasteiger charge is 2.27.